The van der Waals surface area contributed by atoms with Gasteiger partial charge in [0.1, 0.15) is 0 Å². The number of benzene rings is 2. The molecule has 0 atom stereocenters. The van der Waals surface area contributed by atoms with Crippen LogP contribution in [0.2, 0.25) is 5.02 Å². The van der Waals surface area contributed by atoms with Crippen LogP contribution in [-0.2, 0) is 17.6 Å². The van der Waals surface area contributed by atoms with E-state index in [-0.39, 0.29) is 5.91 Å². The summed E-state index contributed by atoms with van der Waals surface area (Å²) < 4.78 is 0.881. The number of anilines is 1. The molecule has 0 radical (unpaired) electrons. The number of thiazole rings is 1. The molecule has 3 aromatic rings. The molecular weight excluding hydrogens is 408 g/mol. The molecule has 3 nitrogen and oxygen atoms in total. The number of carbonyl (C=O) groups is 1. The molecule has 0 aliphatic heterocycles. The zero-order valence-corrected chi connectivity index (χ0v) is 15.8. The van der Waals surface area contributed by atoms with E-state index in [2.05, 4.69) is 26.2 Å². The van der Waals surface area contributed by atoms with Crippen molar-refractivity contribution in [2.75, 3.05) is 5.32 Å². The highest BCUT2D eigenvalue weighted by molar-refractivity contribution is 9.10. The largest absolute Gasteiger partial charge is 0.302 e. The first-order chi connectivity index (χ1) is 11.6. The molecule has 0 unspecified atom stereocenters. The molecule has 1 amide bonds. The van der Waals surface area contributed by atoms with Gasteiger partial charge in [-0.15, -0.1) is 11.3 Å². The number of nitrogens with zero attached hydrogens (tertiary/aromatic N) is 1. The van der Waals surface area contributed by atoms with Gasteiger partial charge in [-0.1, -0.05) is 48.0 Å². The Labute approximate surface area is 157 Å². The standard InChI is InChI=1S/C18H14BrClN2OS/c19-15-7-6-13(9-16(15)20)8-14-11-21-18(24-14)22-17(23)10-12-4-2-1-3-5-12/h1-7,9,11H,8,10H2,(H,21,22,23). The molecule has 1 aromatic heterocycles. The number of hydrogen-bond donors (Lipinski definition) is 1. The fraction of sp³-hybridized carbons (Fsp3) is 0.111. The van der Waals surface area contributed by atoms with Crippen LogP contribution in [0, 0.1) is 0 Å². The van der Waals surface area contributed by atoms with E-state index in [4.69, 9.17) is 11.6 Å². The summed E-state index contributed by atoms with van der Waals surface area (Å²) >= 11 is 11.0. The summed E-state index contributed by atoms with van der Waals surface area (Å²) in [6.45, 7) is 0. The van der Waals surface area contributed by atoms with Crippen LogP contribution >= 0.6 is 38.9 Å². The maximum Gasteiger partial charge on any atom is 0.230 e. The van der Waals surface area contributed by atoms with Crippen molar-refractivity contribution < 1.29 is 4.79 Å². The minimum absolute atomic E-state index is 0.0613. The molecule has 2 aromatic carbocycles. The Balaban J connectivity index is 1.60. The van der Waals surface area contributed by atoms with Gasteiger partial charge in [-0.25, -0.2) is 4.98 Å². The van der Waals surface area contributed by atoms with Gasteiger partial charge in [0.25, 0.3) is 0 Å². The fourth-order valence-corrected chi connectivity index (χ4v) is 3.56. The zero-order chi connectivity index (χ0) is 16.9. The number of halogens is 2. The van der Waals surface area contributed by atoms with Crippen molar-refractivity contribution >= 4 is 49.9 Å². The van der Waals surface area contributed by atoms with Crippen molar-refractivity contribution in [2.45, 2.75) is 12.8 Å². The molecule has 0 saturated heterocycles. The Bertz CT molecular complexity index is 851. The van der Waals surface area contributed by atoms with Crippen LogP contribution in [0.5, 0.6) is 0 Å². The SMILES string of the molecule is O=C(Cc1ccccc1)Nc1ncc(Cc2ccc(Br)c(Cl)c2)s1. The maximum atomic E-state index is 12.1. The van der Waals surface area contributed by atoms with E-state index in [9.17, 15) is 4.79 Å². The molecule has 3 rings (SSSR count). The Morgan fingerprint density at radius 2 is 1.96 bits per heavy atom. The zero-order valence-electron chi connectivity index (χ0n) is 12.6. The lowest BCUT2D eigenvalue weighted by atomic mass is 10.1. The lowest BCUT2D eigenvalue weighted by Gasteiger charge is -2.02. The fourth-order valence-electron chi connectivity index (χ4n) is 2.24. The van der Waals surface area contributed by atoms with Gasteiger partial charge in [0.2, 0.25) is 5.91 Å². The van der Waals surface area contributed by atoms with Gasteiger partial charge in [-0.2, -0.15) is 0 Å². The van der Waals surface area contributed by atoms with Gasteiger partial charge in [-0.05, 0) is 39.2 Å². The lowest BCUT2D eigenvalue weighted by molar-refractivity contribution is -0.115. The number of nitrogens with one attached hydrogen (secondary N) is 1. The first-order valence-electron chi connectivity index (χ1n) is 7.32. The number of hydrogen-bond acceptors (Lipinski definition) is 3. The summed E-state index contributed by atoms with van der Waals surface area (Å²) in [7, 11) is 0. The molecule has 0 spiro atoms. The van der Waals surface area contributed by atoms with E-state index in [1.165, 1.54) is 11.3 Å². The minimum atomic E-state index is -0.0613. The molecule has 122 valence electrons. The van der Waals surface area contributed by atoms with E-state index >= 15 is 0 Å². The van der Waals surface area contributed by atoms with Crippen molar-refractivity contribution in [3.05, 3.63) is 80.2 Å². The van der Waals surface area contributed by atoms with Crippen LogP contribution in [0.1, 0.15) is 16.0 Å². The van der Waals surface area contributed by atoms with E-state index in [0.29, 0.717) is 16.6 Å². The van der Waals surface area contributed by atoms with Crippen molar-refractivity contribution in [3.8, 4) is 0 Å². The van der Waals surface area contributed by atoms with Gasteiger partial charge >= 0.3 is 0 Å². The summed E-state index contributed by atoms with van der Waals surface area (Å²) in [4.78, 5) is 17.4. The third kappa shape index (κ3) is 4.66. The Morgan fingerprint density at radius 3 is 2.71 bits per heavy atom. The van der Waals surface area contributed by atoms with Crippen LogP contribution < -0.4 is 5.32 Å². The quantitative estimate of drug-likeness (QED) is 0.605. The molecule has 0 bridgehead atoms. The summed E-state index contributed by atoms with van der Waals surface area (Å²) in [5.74, 6) is -0.0613. The van der Waals surface area contributed by atoms with Gasteiger partial charge < -0.3 is 5.32 Å². The highest BCUT2D eigenvalue weighted by atomic mass is 79.9. The van der Waals surface area contributed by atoms with Gasteiger partial charge in [0.05, 0.1) is 11.4 Å². The topological polar surface area (TPSA) is 42.0 Å². The van der Waals surface area contributed by atoms with Gasteiger partial charge in [0, 0.05) is 22.0 Å². The molecule has 0 aliphatic rings. The second-order valence-corrected chi connectivity index (χ2v) is 7.64. The molecular formula is C18H14BrClN2OS. The number of carbonyl (C=O) groups excluding carboxylic acids is 1. The van der Waals surface area contributed by atoms with Crippen LogP contribution in [0.25, 0.3) is 0 Å². The smallest absolute Gasteiger partial charge is 0.230 e. The first-order valence-corrected chi connectivity index (χ1v) is 9.31. The summed E-state index contributed by atoms with van der Waals surface area (Å²) in [6, 6.07) is 15.5. The maximum absolute atomic E-state index is 12.1. The predicted octanol–water partition coefficient (Wildman–Crippen LogP) is 5.33. The molecule has 24 heavy (non-hydrogen) atoms. The molecule has 1 N–H and O–H groups in total. The van der Waals surface area contributed by atoms with Crippen LogP contribution in [0.3, 0.4) is 0 Å². The van der Waals surface area contributed by atoms with Crippen molar-refractivity contribution in [1.82, 2.24) is 4.98 Å². The van der Waals surface area contributed by atoms with Crippen molar-refractivity contribution in [3.63, 3.8) is 0 Å². The first kappa shape index (κ1) is 17.1. The summed E-state index contributed by atoms with van der Waals surface area (Å²) in [5, 5.41) is 4.16. The van der Waals surface area contributed by atoms with Crippen LogP contribution in [0.15, 0.2) is 59.2 Å². The molecule has 0 aliphatic carbocycles. The second kappa shape index (κ2) is 7.92. The summed E-state index contributed by atoms with van der Waals surface area (Å²) in [5.41, 5.74) is 2.09. The van der Waals surface area contributed by atoms with E-state index < -0.39 is 0 Å². The van der Waals surface area contributed by atoms with Gasteiger partial charge in [0.15, 0.2) is 5.13 Å². The molecule has 1 heterocycles. The van der Waals surface area contributed by atoms with E-state index in [1.807, 2.05) is 48.5 Å². The van der Waals surface area contributed by atoms with Crippen LogP contribution in [0.4, 0.5) is 5.13 Å². The Morgan fingerprint density at radius 1 is 1.17 bits per heavy atom. The van der Waals surface area contributed by atoms with Crippen molar-refractivity contribution in [2.24, 2.45) is 0 Å². The predicted molar refractivity (Wildman–Crippen MR) is 103 cm³/mol. The van der Waals surface area contributed by atoms with E-state index in [0.717, 1.165) is 26.9 Å². The third-order valence-electron chi connectivity index (χ3n) is 3.37. The normalized spacial score (nSPS) is 10.6. The Kier molecular flexibility index (Phi) is 5.66. The lowest BCUT2D eigenvalue weighted by Crippen LogP contribution is -2.13. The monoisotopic (exact) mass is 420 g/mol. The highest BCUT2D eigenvalue weighted by Crippen LogP contribution is 2.26. The minimum Gasteiger partial charge on any atom is -0.302 e. The average Bonchev–Trinajstić information content (AvgIpc) is 2.98. The second-order valence-electron chi connectivity index (χ2n) is 5.27. The average molecular weight is 422 g/mol. The number of rotatable bonds is 5. The van der Waals surface area contributed by atoms with Crippen molar-refractivity contribution in [1.29, 1.82) is 0 Å². The highest BCUT2D eigenvalue weighted by Gasteiger charge is 2.09. The number of amides is 1. The van der Waals surface area contributed by atoms with Crippen LogP contribution in [-0.4, -0.2) is 10.9 Å². The molecule has 0 fully saturated rings. The Hall–Kier alpha value is -1.69. The third-order valence-corrected chi connectivity index (χ3v) is 5.52. The van der Waals surface area contributed by atoms with Gasteiger partial charge in [-0.3, -0.25) is 4.79 Å². The summed E-state index contributed by atoms with van der Waals surface area (Å²) in [6.07, 6.45) is 2.87. The number of aromatic nitrogens is 1. The van der Waals surface area contributed by atoms with E-state index in [1.54, 1.807) is 6.20 Å². The molecule has 6 heteroatoms. The molecule has 0 saturated carbocycles.